The van der Waals surface area contributed by atoms with Gasteiger partial charge in [-0.2, -0.15) is 0 Å². The number of hydrogen-bond donors (Lipinski definition) is 1. The zero-order valence-electron chi connectivity index (χ0n) is 8.47. The first-order chi connectivity index (χ1) is 6.79. The topological polar surface area (TPSA) is 61.4 Å². The first kappa shape index (κ1) is 13.3. The monoisotopic (exact) mass is 231 g/mol. The molecule has 74 valence electrons. The van der Waals surface area contributed by atoms with Crippen molar-refractivity contribution in [1.82, 2.24) is 5.32 Å². The molecular weight excluding hydrogens is 221 g/mol. The Bertz CT molecular complexity index is 331. The van der Waals surface area contributed by atoms with Crippen LogP contribution in [0.3, 0.4) is 0 Å². The molecule has 1 aromatic carbocycles. The van der Waals surface area contributed by atoms with Gasteiger partial charge in [-0.15, -0.1) is 0 Å². The Kier molecular flexibility index (Phi) is 5.41. The van der Waals surface area contributed by atoms with Crippen LogP contribution in [0.4, 0.5) is 0 Å². The van der Waals surface area contributed by atoms with E-state index in [1.807, 2.05) is 30.3 Å². The molecular formula is C10H10KNO3. The van der Waals surface area contributed by atoms with Gasteiger partial charge >= 0.3 is 51.4 Å². The first-order valence-electron chi connectivity index (χ1n) is 4.40. The molecule has 1 fully saturated rings. The normalized spacial score (nSPS) is 24.5. The molecule has 1 aliphatic heterocycles. The molecule has 15 heavy (non-hydrogen) atoms. The van der Waals surface area contributed by atoms with Crippen molar-refractivity contribution in [2.24, 2.45) is 0 Å². The number of carbonyl (C=O) groups excluding carboxylic acids is 1. The van der Waals surface area contributed by atoms with E-state index in [0.29, 0.717) is 0 Å². The minimum atomic E-state index is -1.18. The summed E-state index contributed by atoms with van der Waals surface area (Å²) in [5.74, 6) is -1.18. The van der Waals surface area contributed by atoms with Gasteiger partial charge in [0.15, 0.2) is 0 Å². The number of carbonyl (C=O) groups is 1. The summed E-state index contributed by atoms with van der Waals surface area (Å²) in [6.07, 6.45) is -0.891. The summed E-state index contributed by atoms with van der Waals surface area (Å²) < 4.78 is 5.01. The average Bonchev–Trinajstić information content (AvgIpc) is 2.67. The van der Waals surface area contributed by atoms with Gasteiger partial charge in [-0.05, 0) is 5.56 Å². The van der Waals surface area contributed by atoms with Gasteiger partial charge in [0.1, 0.15) is 6.10 Å². The van der Waals surface area contributed by atoms with Crippen molar-refractivity contribution >= 4 is 5.97 Å². The van der Waals surface area contributed by atoms with Gasteiger partial charge in [0.05, 0.1) is 18.7 Å². The Morgan fingerprint density at radius 2 is 2.07 bits per heavy atom. The van der Waals surface area contributed by atoms with Crippen LogP contribution in [0.25, 0.3) is 0 Å². The molecule has 0 saturated carbocycles. The maximum absolute atomic E-state index is 10.7. The summed E-state index contributed by atoms with van der Waals surface area (Å²) in [7, 11) is 0. The van der Waals surface area contributed by atoms with E-state index in [4.69, 9.17) is 4.74 Å². The number of benzene rings is 1. The summed E-state index contributed by atoms with van der Waals surface area (Å²) in [5.41, 5.74) is 0.902. The summed E-state index contributed by atoms with van der Waals surface area (Å²) >= 11 is 0. The Balaban J connectivity index is 0.00000112. The van der Waals surface area contributed by atoms with Crippen LogP contribution >= 0.6 is 0 Å². The number of nitrogens with one attached hydrogen (secondary N) is 1. The van der Waals surface area contributed by atoms with E-state index in [1.54, 1.807) is 0 Å². The molecule has 2 atom stereocenters. The molecule has 0 aliphatic carbocycles. The molecule has 1 heterocycles. The molecule has 1 saturated heterocycles. The molecule has 2 rings (SSSR count). The average molecular weight is 231 g/mol. The molecule has 4 nitrogen and oxygen atoms in total. The molecule has 1 aromatic rings. The van der Waals surface area contributed by atoms with E-state index in [2.05, 4.69) is 5.32 Å². The zero-order valence-corrected chi connectivity index (χ0v) is 11.6. The van der Waals surface area contributed by atoms with Crippen molar-refractivity contribution in [3.05, 3.63) is 35.9 Å². The standard InChI is InChI=1S/C10H11NO3.K/c12-10(13)9-8(11-6-14-9)7-4-2-1-3-5-7;/h1-5,8-9,11H,6H2,(H,12,13);/q;+1/p-1. The van der Waals surface area contributed by atoms with Gasteiger partial charge in [-0.1, -0.05) is 30.3 Å². The number of rotatable bonds is 2. The largest absolute Gasteiger partial charge is 1.00 e. The first-order valence-corrected chi connectivity index (χ1v) is 4.40. The van der Waals surface area contributed by atoms with Crippen LogP contribution in [-0.2, 0) is 9.53 Å². The van der Waals surface area contributed by atoms with E-state index in [0.717, 1.165) is 5.56 Å². The van der Waals surface area contributed by atoms with Crippen LogP contribution in [-0.4, -0.2) is 18.8 Å². The maximum atomic E-state index is 10.7. The van der Waals surface area contributed by atoms with Crippen molar-refractivity contribution in [1.29, 1.82) is 0 Å². The van der Waals surface area contributed by atoms with Crippen molar-refractivity contribution in [3.63, 3.8) is 0 Å². The molecule has 0 radical (unpaired) electrons. The predicted octanol–water partition coefficient (Wildman–Crippen LogP) is -3.57. The molecule has 0 amide bonds. The predicted molar refractivity (Wildman–Crippen MR) is 47.1 cm³/mol. The minimum absolute atomic E-state index is 0. The second-order valence-corrected chi connectivity index (χ2v) is 3.14. The quantitative estimate of drug-likeness (QED) is 0.535. The van der Waals surface area contributed by atoms with Crippen LogP contribution in [0.2, 0.25) is 0 Å². The van der Waals surface area contributed by atoms with Crippen LogP contribution < -0.4 is 61.8 Å². The number of carboxylic acid groups (broad SMARTS) is 1. The molecule has 5 heteroatoms. The second kappa shape index (κ2) is 6.10. The van der Waals surface area contributed by atoms with Crippen LogP contribution in [0.15, 0.2) is 30.3 Å². The van der Waals surface area contributed by atoms with Gasteiger partial charge < -0.3 is 14.6 Å². The number of carboxylic acids is 1. The Hall–Kier alpha value is 0.246. The van der Waals surface area contributed by atoms with Gasteiger partial charge in [0.2, 0.25) is 0 Å². The van der Waals surface area contributed by atoms with Gasteiger partial charge in [0, 0.05) is 0 Å². The summed E-state index contributed by atoms with van der Waals surface area (Å²) in [4.78, 5) is 10.7. The minimum Gasteiger partial charge on any atom is -0.547 e. The fraction of sp³-hybridized carbons (Fsp3) is 0.300. The van der Waals surface area contributed by atoms with Crippen molar-refractivity contribution < 1.29 is 66.0 Å². The molecule has 0 spiro atoms. The van der Waals surface area contributed by atoms with Gasteiger partial charge in [-0.25, -0.2) is 0 Å². The molecule has 0 aromatic heterocycles. The molecule has 1 N–H and O–H groups in total. The van der Waals surface area contributed by atoms with Gasteiger partial charge in [0.25, 0.3) is 0 Å². The fourth-order valence-electron chi connectivity index (χ4n) is 1.59. The van der Waals surface area contributed by atoms with Crippen molar-refractivity contribution in [2.45, 2.75) is 12.1 Å². The van der Waals surface area contributed by atoms with E-state index in [9.17, 15) is 9.90 Å². The number of aliphatic carboxylic acids is 1. The molecule has 1 aliphatic rings. The zero-order chi connectivity index (χ0) is 9.97. The van der Waals surface area contributed by atoms with Gasteiger partial charge in [-0.3, -0.25) is 5.32 Å². The van der Waals surface area contributed by atoms with Crippen molar-refractivity contribution in [3.8, 4) is 0 Å². The maximum Gasteiger partial charge on any atom is 1.00 e. The van der Waals surface area contributed by atoms with Crippen molar-refractivity contribution in [2.75, 3.05) is 6.73 Å². The van der Waals surface area contributed by atoms with E-state index in [1.165, 1.54) is 0 Å². The Labute approximate surface area is 130 Å². The Morgan fingerprint density at radius 3 is 2.67 bits per heavy atom. The SMILES string of the molecule is O=C([O-])C1OCNC1c1ccccc1.[K+]. The Morgan fingerprint density at radius 1 is 1.40 bits per heavy atom. The third kappa shape index (κ3) is 3.10. The summed E-state index contributed by atoms with van der Waals surface area (Å²) in [6, 6.07) is 9.03. The van der Waals surface area contributed by atoms with Crippen LogP contribution in [0, 0.1) is 0 Å². The van der Waals surface area contributed by atoms with Crippen LogP contribution in [0.1, 0.15) is 11.6 Å². The van der Waals surface area contributed by atoms with E-state index < -0.39 is 12.1 Å². The van der Waals surface area contributed by atoms with E-state index >= 15 is 0 Å². The number of hydrogen-bond acceptors (Lipinski definition) is 4. The summed E-state index contributed by atoms with van der Waals surface area (Å²) in [6.45, 7) is 0.248. The van der Waals surface area contributed by atoms with E-state index in [-0.39, 0.29) is 64.2 Å². The molecule has 2 unspecified atom stereocenters. The molecule has 0 bridgehead atoms. The number of ether oxygens (including phenoxy) is 1. The fourth-order valence-corrected chi connectivity index (χ4v) is 1.59. The smallest absolute Gasteiger partial charge is 0.547 e. The second-order valence-electron chi connectivity index (χ2n) is 3.14. The van der Waals surface area contributed by atoms with Crippen LogP contribution in [0.5, 0.6) is 0 Å². The third-order valence-corrected chi connectivity index (χ3v) is 2.26. The summed E-state index contributed by atoms with van der Waals surface area (Å²) in [5, 5.41) is 13.7. The third-order valence-electron chi connectivity index (χ3n) is 2.26.